The zero-order chi connectivity index (χ0) is 13.9. The molecule has 0 unspecified atom stereocenters. The van der Waals surface area contributed by atoms with Crippen molar-refractivity contribution in [1.29, 1.82) is 0 Å². The van der Waals surface area contributed by atoms with E-state index in [-0.39, 0.29) is 12.3 Å². The van der Waals surface area contributed by atoms with Crippen molar-refractivity contribution in [3.8, 4) is 5.75 Å². The molecule has 0 aromatic heterocycles. The summed E-state index contributed by atoms with van der Waals surface area (Å²) in [5, 5.41) is 9.55. The van der Waals surface area contributed by atoms with Crippen molar-refractivity contribution in [1.82, 2.24) is 4.90 Å². The lowest BCUT2D eigenvalue weighted by Crippen LogP contribution is -2.33. The number of carbonyl (C=O) groups excluding carboxylic acids is 1. The summed E-state index contributed by atoms with van der Waals surface area (Å²) < 4.78 is 18.2. The van der Waals surface area contributed by atoms with Crippen LogP contribution in [0.5, 0.6) is 5.75 Å². The Morgan fingerprint density at radius 2 is 2.06 bits per heavy atom. The second-order valence-corrected chi connectivity index (χ2v) is 5.11. The fourth-order valence-corrected chi connectivity index (χ4v) is 1.34. The molecule has 0 saturated heterocycles. The van der Waals surface area contributed by atoms with Crippen LogP contribution in [0, 0.1) is 5.82 Å². The lowest BCUT2D eigenvalue weighted by atomic mass is 10.2. The van der Waals surface area contributed by atoms with E-state index in [1.54, 1.807) is 20.8 Å². The number of halogens is 1. The molecule has 18 heavy (non-hydrogen) atoms. The van der Waals surface area contributed by atoms with Gasteiger partial charge in [0.2, 0.25) is 0 Å². The second-order valence-electron chi connectivity index (χ2n) is 5.11. The highest BCUT2D eigenvalue weighted by atomic mass is 19.1. The van der Waals surface area contributed by atoms with E-state index in [1.165, 1.54) is 24.1 Å². The molecule has 0 heterocycles. The Labute approximate surface area is 106 Å². The van der Waals surface area contributed by atoms with E-state index < -0.39 is 17.5 Å². The lowest BCUT2D eigenvalue weighted by Gasteiger charge is -2.24. The first-order chi connectivity index (χ1) is 8.19. The molecule has 1 amide bonds. The van der Waals surface area contributed by atoms with Gasteiger partial charge in [-0.2, -0.15) is 0 Å². The van der Waals surface area contributed by atoms with E-state index in [9.17, 15) is 14.3 Å². The van der Waals surface area contributed by atoms with E-state index >= 15 is 0 Å². The van der Waals surface area contributed by atoms with E-state index in [2.05, 4.69) is 0 Å². The molecule has 1 aromatic carbocycles. The van der Waals surface area contributed by atoms with Crippen molar-refractivity contribution in [2.75, 3.05) is 7.05 Å². The molecule has 0 aliphatic rings. The standard InChI is InChI=1S/C13H18FNO3/c1-13(2,3)18-12(17)15(4)8-9-7-10(14)5-6-11(9)16/h5-7,16H,8H2,1-4H3. The van der Waals surface area contributed by atoms with Crippen LogP contribution in [0.15, 0.2) is 18.2 Å². The summed E-state index contributed by atoms with van der Waals surface area (Å²) in [5.74, 6) is -0.507. The third-order valence-electron chi connectivity index (χ3n) is 2.15. The molecule has 1 N–H and O–H groups in total. The summed E-state index contributed by atoms with van der Waals surface area (Å²) in [7, 11) is 1.53. The Kier molecular flexibility index (Phi) is 4.16. The summed E-state index contributed by atoms with van der Waals surface area (Å²) in [4.78, 5) is 13.0. The van der Waals surface area contributed by atoms with Gasteiger partial charge in [-0.3, -0.25) is 0 Å². The van der Waals surface area contributed by atoms with Crippen LogP contribution in [0.4, 0.5) is 9.18 Å². The third-order valence-corrected chi connectivity index (χ3v) is 2.15. The number of carbonyl (C=O) groups is 1. The second kappa shape index (κ2) is 5.25. The van der Waals surface area contributed by atoms with Crippen LogP contribution < -0.4 is 0 Å². The van der Waals surface area contributed by atoms with E-state index in [4.69, 9.17) is 4.74 Å². The van der Waals surface area contributed by atoms with Crippen LogP contribution >= 0.6 is 0 Å². The van der Waals surface area contributed by atoms with E-state index in [1.807, 2.05) is 0 Å². The van der Waals surface area contributed by atoms with Crippen LogP contribution in [0.2, 0.25) is 0 Å². The summed E-state index contributed by atoms with van der Waals surface area (Å²) in [6.07, 6.45) is -0.522. The van der Waals surface area contributed by atoms with Gasteiger partial charge in [0.05, 0.1) is 6.54 Å². The van der Waals surface area contributed by atoms with E-state index in [0.717, 1.165) is 6.07 Å². The van der Waals surface area contributed by atoms with Crippen LogP contribution in [0.3, 0.4) is 0 Å². The number of ether oxygens (including phenoxy) is 1. The summed E-state index contributed by atoms with van der Waals surface area (Å²) in [6, 6.07) is 3.61. The average Bonchev–Trinajstić information content (AvgIpc) is 2.21. The highest BCUT2D eigenvalue weighted by Gasteiger charge is 2.20. The Hall–Kier alpha value is -1.78. The smallest absolute Gasteiger partial charge is 0.410 e. The van der Waals surface area contributed by atoms with Crippen LogP contribution in [0.25, 0.3) is 0 Å². The number of hydrogen-bond acceptors (Lipinski definition) is 3. The molecular weight excluding hydrogens is 237 g/mol. The molecule has 0 aliphatic heterocycles. The number of nitrogens with zero attached hydrogens (tertiary/aromatic N) is 1. The van der Waals surface area contributed by atoms with Crippen molar-refractivity contribution >= 4 is 6.09 Å². The Morgan fingerprint density at radius 3 is 2.61 bits per heavy atom. The normalized spacial score (nSPS) is 11.2. The summed E-state index contributed by atoms with van der Waals surface area (Å²) >= 11 is 0. The van der Waals surface area contributed by atoms with Crippen LogP contribution in [-0.4, -0.2) is 28.7 Å². The van der Waals surface area contributed by atoms with Gasteiger partial charge in [0.15, 0.2) is 0 Å². The SMILES string of the molecule is CN(Cc1cc(F)ccc1O)C(=O)OC(C)(C)C. The fraction of sp³-hybridized carbons (Fsp3) is 0.462. The number of phenols is 1. The Balaban J connectivity index is 2.72. The topological polar surface area (TPSA) is 49.8 Å². The maximum Gasteiger partial charge on any atom is 0.410 e. The average molecular weight is 255 g/mol. The predicted octanol–water partition coefficient (Wildman–Crippen LogP) is 2.90. The van der Waals surface area contributed by atoms with Gasteiger partial charge < -0.3 is 14.7 Å². The van der Waals surface area contributed by atoms with Gasteiger partial charge in [-0.05, 0) is 39.0 Å². The molecule has 0 radical (unpaired) electrons. The Morgan fingerprint density at radius 1 is 1.44 bits per heavy atom. The molecule has 5 heteroatoms. The number of aromatic hydroxyl groups is 1. The summed E-state index contributed by atoms with van der Waals surface area (Å²) in [6.45, 7) is 5.37. The quantitative estimate of drug-likeness (QED) is 0.884. The van der Waals surface area contributed by atoms with Crippen molar-refractivity contribution in [3.63, 3.8) is 0 Å². The van der Waals surface area contributed by atoms with Gasteiger partial charge in [-0.25, -0.2) is 9.18 Å². The minimum atomic E-state index is -0.588. The molecule has 0 aliphatic carbocycles. The number of benzene rings is 1. The van der Waals surface area contributed by atoms with Crippen molar-refractivity contribution < 1.29 is 19.0 Å². The van der Waals surface area contributed by atoms with Gasteiger partial charge in [-0.1, -0.05) is 0 Å². The monoisotopic (exact) mass is 255 g/mol. The predicted molar refractivity (Wildman–Crippen MR) is 65.8 cm³/mol. The number of rotatable bonds is 2. The maximum atomic E-state index is 13.0. The van der Waals surface area contributed by atoms with Gasteiger partial charge in [0.1, 0.15) is 17.2 Å². The van der Waals surface area contributed by atoms with Crippen molar-refractivity contribution in [3.05, 3.63) is 29.6 Å². The maximum absolute atomic E-state index is 13.0. The minimum Gasteiger partial charge on any atom is -0.508 e. The summed E-state index contributed by atoms with van der Waals surface area (Å²) in [5.41, 5.74) is -0.252. The Bertz CT molecular complexity index is 440. The molecule has 0 saturated carbocycles. The van der Waals surface area contributed by atoms with Gasteiger partial charge >= 0.3 is 6.09 Å². The van der Waals surface area contributed by atoms with Gasteiger partial charge in [0.25, 0.3) is 0 Å². The zero-order valence-electron chi connectivity index (χ0n) is 11.0. The first-order valence-electron chi connectivity index (χ1n) is 5.60. The van der Waals surface area contributed by atoms with E-state index in [0.29, 0.717) is 5.56 Å². The molecule has 4 nitrogen and oxygen atoms in total. The fourth-order valence-electron chi connectivity index (χ4n) is 1.34. The zero-order valence-corrected chi connectivity index (χ0v) is 11.0. The molecule has 1 aromatic rings. The van der Waals surface area contributed by atoms with Crippen molar-refractivity contribution in [2.24, 2.45) is 0 Å². The largest absolute Gasteiger partial charge is 0.508 e. The lowest BCUT2D eigenvalue weighted by molar-refractivity contribution is 0.0284. The van der Waals surface area contributed by atoms with Gasteiger partial charge in [0, 0.05) is 12.6 Å². The molecule has 0 spiro atoms. The number of amides is 1. The van der Waals surface area contributed by atoms with Crippen LogP contribution in [-0.2, 0) is 11.3 Å². The van der Waals surface area contributed by atoms with Gasteiger partial charge in [-0.15, -0.1) is 0 Å². The molecule has 0 fully saturated rings. The minimum absolute atomic E-state index is 0.0493. The molecular formula is C13H18FNO3. The highest BCUT2D eigenvalue weighted by molar-refractivity contribution is 5.67. The molecule has 1 rings (SSSR count). The number of hydrogen-bond donors (Lipinski definition) is 1. The van der Waals surface area contributed by atoms with Crippen LogP contribution in [0.1, 0.15) is 26.3 Å². The molecule has 0 atom stereocenters. The van der Waals surface area contributed by atoms with Crippen molar-refractivity contribution in [2.45, 2.75) is 32.9 Å². The molecule has 0 bridgehead atoms. The number of phenolic OH excluding ortho intramolecular Hbond substituents is 1. The first-order valence-corrected chi connectivity index (χ1v) is 5.60. The first kappa shape index (κ1) is 14.3. The third kappa shape index (κ3) is 4.24. The highest BCUT2D eigenvalue weighted by Crippen LogP contribution is 2.20. The molecule has 100 valence electrons.